The molecule has 0 unspecified atom stereocenters. The third-order valence-electron chi connectivity index (χ3n) is 2.17. The third kappa shape index (κ3) is 5.06. The molecule has 0 radical (unpaired) electrons. The first kappa shape index (κ1) is 13.8. The molecule has 1 rings (SSSR count). The lowest BCUT2D eigenvalue weighted by molar-refractivity contribution is 0.150. The van der Waals surface area contributed by atoms with Crippen LogP contribution in [0.5, 0.6) is 0 Å². The number of carbonyl (C=O) groups excluding carboxylic acids is 1. The minimum absolute atomic E-state index is 0.260. The predicted octanol–water partition coefficient (Wildman–Crippen LogP) is 2.81. The number of ether oxygens (including phenoxy) is 1. The van der Waals surface area contributed by atoms with Crippen molar-refractivity contribution < 1.29 is 9.53 Å². The molecule has 0 spiro atoms. The minimum atomic E-state index is -0.260. The summed E-state index contributed by atoms with van der Waals surface area (Å²) in [6.07, 6.45) is 0. The Balaban J connectivity index is 2.37. The molecule has 0 heterocycles. The van der Waals surface area contributed by atoms with Crippen LogP contribution < -0.4 is 10.6 Å². The van der Waals surface area contributed by atoms with Crippen molar-refractivity contribution in [1.82, 2.24) is 5.32 Å². The Morgan fingerprint density at radius 2 is 2.24 bits per heavy atom. The number of urea groups is 1. The fourth-order valence-corrected chi connectivity index (χ4v) is 1.41. The Morgan fingerprint density at radius 1 is 1.47 bits per heavy atom. The topological polar surface area (TPSA) is 50.4 Å². The monoisotopic (exact) mass is 256 g/mol. The van der Waals surface area contributed by atoms with E-state index < -0.39 is 0 Å². The summed E-state index contributed by atoms with van der Waals surface area (Å²) in [5.74, 6) is 0. The Bertz CT molecular complexity index is 383. The number of amides is 2. The molecule has 0 atom stereocenters. The van der Waals surface area contributed by atoms with Crippen molar-refractivity contribution in [2.75, 3.05) is 25.1 Å². The van der Waals surface area contributed by atoms with E-state index in [1.165, 1.54) is 0 Å². The number of anilines is 1. The maximum Gasteiger partial charge on any atom is 0.319 e. The molecule has 0 saturated heterocycles. The summed E-state index contributed by atoms with van der Waals surface area (Å²) in [5, 5.41) is 6.01. The van der Waals surface area contributed by atoms with Gasteiger partial charge in [-0.05, 0) is 31.5 Å². The van der Waals surface area contributed by atoms with E-state index in [1.54, 1.807) is 6.07 Å². The summed E-state index contributed by atoms with van der Waals surface area (Å²) >= 11 is 5.95. The molecule has 94 valence electrons. The number of benzene rings is 1. The largest absolute Gasteiger partial charge is 0.380 e. The Kier molecular flexibility index (Phi) is 5.80. The summed E-state index contributed by atoms with van der Waals surface area (Å²) in [6, 6.07) is 5.13. The minimum Gasteiger partial charge on any atom is -0.380 e. The molecule has 17 heavy (non-hydrogen) atoms. The van der Waals surface area contributed by atoms with Gasteiger partial charge in [-0.1, -0.05) is 17.7 Å². The fourth-order valence-electron chi connectivity index (χ4n) is 1.23. The molecule has 0 fully saturated rings. The van der Waals surface area contributed by atoms with Crippen LogP contribution in [-0.4, -0.2) is 25.8 Å². The first-order valence-electron chi connectivity index (χ1n) is 5.52. The average molecular weight is 257 g/mol. The lowest BCUT2D eigenvalue weighted by Crippen LogP contribution is -2.31. The van der Waals surface area contributed by atoms with Crippen LogP contribution in [0.25, 0.3) is 0 Å². The molecule has 0 aliphatic heterocycles. The number of nitrogens with one attached hydrogen (secondary N) is 2. The highest BCUT2D eigenvalue weighted by atomic mass is 35.5. The van der Waals surface area contributed by atoms with Gasteiger partial charge in [0.1, 0.15) is 0 Å². The number of rotatable bonds is 5. The van der Waals surface area contributed by atoms with Crippen molar-refractivity contribution >= 4 is 23.3 Å². The van der Waals surface area contributed by atoms with Crippen LogP contribution >= 0.6 is 11.6 Å². The van der Waals surface area contributed by atoms with E-state index in [-0.39, 0.29) is 6.03 Å². The van der Waals surface area contributed by atoms with Crippen molar-refractivity contribution in [3.8, 4) is 0 Å². The number of aryl methyl sites for hydroxylation is 1. The van der Waals surface area contributed by atoms with E-state index >= 15 is 0 Å². The summed E-state index contributed by atoms with van der Waals surface area (Å²) in [6.45, 7) is 5.47. The van der Waals surface area contributed by atoms with Gasteiger partial charge in [0.25, 0.3) is 0 Å². The van der Waals surface area contributed by atoms with Crippen LogP contribution in [0.3, 0.4) is 0 Å². The van der Waals surface area contributed by atoms with Crippen molar-refractivity contribution in [2.24, 2.45) is 0 Å². The highest BCUT2D eigenvalue weighted by molar-refractivity contribution is 6.31. The van der Waals surface area contributed by atoms with Crippen molar-refractivity contribution in [2.45, 2.75) is 13.8 Å². The van der Waals surface area contributed by atoms with E-state index in [1.807, 2.05) is 26.0 Å². The van der Waals surface area contributed by atoms with E-state index in [4.69, 9.17) is 16.3 Å². The zero-order chi connectivity index (χ0) is 12.7. The quantitative estimate of drug-likeness (QED) is 0.796. The van der Waals surface area contributed by atoms with Crippen LogP contribution in [0, 0.1) is 6.92 Å². The van der Waals surface area contributed by atoms with Gasteiger partial charge in [0.05, 0.1) is 6.61 Å². The standard InChI is InChI=1S/C12H17ClN2O2/c1-3-17-7-6-14-12(16)15-10-5-4-9(2)11(13)8-10/h4-5,8H,3,6-7H2,1-2H3,(H2,14,15,16). The normalized spacial score (nSPS) is 10.1. The van der Waals surface area contributed by atoms with Gasteiger partial charge in [-0.15, -0.1) is 0 Å². The third-order valence-corrected chi connectivity index (χ3v) is 2.57. The Morgan fingerprint density at radius 3 is 2.88 bits per heavy atom. The van der Waals surface area contributed by atoms with Crippen LogP contribution in [0.15, 0.2) is 18.2 Å². The molecule has 5 heteroatoms. The molecule has 0 bridgehead atoms. The maximum atomic E-state index is 11.5. The summed E-state index contributed by atoms with van der Waals surface area (Å²) in [5.41, 5.74) is 1.66. The van der Waals surface area contributed by atoms with E-state index in [9.17, 15) is 4.79 Å². The maximum absolute atomic E-state index is 11.5. The lowest BCUT2D eigenvalue weighted by Gasteiger charge is -2.08. The molecule has 2 amide bonds. The molecule has 0 aliphatic rings. The lowest BCUT2D eigenvalue weighted by atomic mass is 10.2. The number of hydrogen-bond donors (Lipinski definition) is 2. The van der Waals surface area contributed by atoms with Gasteiger partial charge in [0.15, 0.2) is 0 Å². The average Bonchev–Trinajstić information content (AvgIpc) is 2.30. The molecule has 4 nitrogen and oxygen atoms in total. The van der Waals surface area contributed by atoms with E-state index in [0.29, 0.717) is 30.5 Å². The molecule has 0 aliphatic carbocycles. The molecule has 0 aromatic heterocycles. The van der Waals surface area contributed by atoms with Crippen LogP contribution in [-0.2, 0) is 4.74 Å². The van der Waals surface area contributed by atoms with Gasteiger partial charge in [-0.25, -0.2) is 4.79 Å². The van der Waals surface area contributed by atoms with Crippen LogP contribution in [0.2, 0.25) is 5.02 Å². The first-order valence-corrected chi connectivity index (χ1v) is 5.90. The van der Waals surface area contributed by atoms with E-state index in [0.717, 1.165) is 5.56 Å². The van der Waals surface area contributed by atoms with Gasteiger partial charge < -0.3 is 15.4 Å². The van der Waals surface area contributed by atoms with Crippen LogP contribution in [0.4, 0.5) is 10.5 Å². The van der Waals surface area contributed by atoms with Gasteiger partial charge >= 0.3 is 6.03 Å². The molecular weight excluding hydrogens is 240 g/mol. The van der Waals surface area contributed by atoms with Crippen molar-refractivity contribution in [3.63, 3.8) is 0 Å². The zero-order valence-electron chi connectivity index (χ0n) is 10.0. The van der Waals surface area contributed by atoms with E-state index in [2.05, 4.69) is 10.6 Å². The number of carbonyl (C=O) groups is 1. The van der Waals surface area contributed by atoms with Gasteiger partial charge in [0.2, 0.25) is 0 Å². The fraction of sp³-hybridized carbons (Fsp3) is 0.417. The van der Waals surface area contributed by atoms with Crippen molar-refractivity contribution in [1.29, 1.82) is 0 Å². The molecular formula is C12H17ClN2O2. The molecule has 1 aromatic carbocycles. The van der Waals surface area contributed by atoms with Gasteiger partial charge in [-0.3, -0.25) is 0 Å². The highest BCUT2D eigenvalue weighted by Gasteiger charge is 2.02. The van der Waals surface area contributed by atoms with Crippen molar-refractivity contribution in [3.05, 3.63) is 28.8 Å². The summed E-state index contributed by atoms with van der Waals surface area (Å²) in [7, 11) is 0. The van der Waals surface area contributed by atoms with Gasteiger partial charge in [-0.2, -0.15) is 0 Å². The molecule has 2 N–H and O–H groups in total. The van der Waals surface area contributed by atoms with Gasteiger partial charge in [0, 0.05) is 23.9 Å². The second kappa shape index (κ2) is 7.14. The smallest absolute Gasteiger partial charge is 0.319 e. The highest BCUT2D eigenvalue weighted by Crippen LogP contribution is 2.19. The Labute approximate surface area is 106 Å². The molecule has 1 aromatic rings. The van der Waals surface area contributed by atoms with Crippen LogP contribution in [0.1, 0.15) is 12.5 Å². The first-order chi connectivity index (χ1) is 8.13. The molecule has 0 saturated carbocycles. The SMILES string of the molecule is CCOCCNC(=O)Nc1ccc(C)c(Cl)c1. The summed E-state index contributed by atoms with van der Waals surface area (Å²) < 4.78 is 5.11. The number of halogens is 1. The summed E-state index contributed by atoms with van der Waals surface area (Å²) in [4.78, 5) is 11.5. The zero-order valence-corrected chi connectivity index (χ0v) is 10.8. The second-order valence-electron chi connectivity index (χ2n) is 3.54. The Hall–Kier alpha value is -1.26. The number of hydrogen-bond acceptors (Lipinski definition) is 2. The second-order valence-corrected chi connectivity index (χ2v) is 3.95. The predicted molar refractivity (Wildman–Crippen MR) is 69.7 cm³/mol.